The molecule has 6 nitrogen and oxygen atoms in total. The van der Waals surface area contributed by atoms with E-state index >= 15 is 0 Å². The van der Waals surface area contributed by atoms with Crippen molar-refractivity contribution in [3.63, 3.8) is 0 Å². The minimum absolute atomic E-state index is 0.0121. The molecular weight excluding hydrogens is 345 g/mol. The molecule has 0 spiro atoms. The molecule has 1 aliphatic rings. The summed E-state index contributed by atoms with van der Waals surface area (Å²) in [5, 5.41) is 2.77. The quantitative estimate of drug-likeness (QED) is 0.904. The fourth-order valence-corrected chi connectivity index (χ4v) is 2.93. The zero-order chi connectivity index (χ0) is 17.8. The first kappa shape index (κ1) is 17.6. The highest BCUT2D eigenvalue weighted by Crippen LogP contribution is 2.20. The van der Waals surface area contributed by atoms with E-state index in [2.05, 4.69) is 25.1 Å². The summed E-state index contributed by atoms with van der Waals surface area (Å²) in [5.74, 6) is 0.0549. The molecule has 2 aromatic rings. The van der Waals surface area contributed by atoms with Gasteiger partial charge in [0.25, 0.3) is 0 Å². The Morgan fingerprint density at radius 2 is 1.92 bits per heavy atom. The number of nitrogens with one attached hydrogen (secondary N) is 1. The summed E-state index contributed by atoms with van der Waals surface area (Å²) >= 11 is 5.75. The average Bonchev–Trinajstić information content (AvgIpc) is 2.65. The Hall–Kier alpha value is -2.25. The number of nitrogens with zero attached hydrogens (tertiary/aromatic N) is 4. The van der Waals surface area contributed by atoms with Crippen molar-refractivity contribution in [2.24, 2.45) is 0 Å². The molecular formula is C17H19ClFN5O. The maximum atomic E-state index is 13.2. The molecule has 132 valence electrons. The van der Waals surface area contributed by atoms with E-state index in [0.29, 0.717) is 11.6 Å². The molecule has 0 aliphatic carbocycles. The Kier molecular flexibility index (Phi) is 5.45. The predicted octanol–water partition coefficient (Wildman–Crippen LogP) is 2.42. The molecule has 0 radical (unpaired) electrons. The molecule has 3 rings (SSSR count). The highest BCUT2D eigenvalue weighted by molar-refractivity contribution is 6.31. The molecule has 8 heteroatoms. The largest absolute Gasteiger partial charge is 0.338 e. The van der Waals surface area contributed by atoms with Crippen molar-refractivity contribution in [3.8, 4) is 0 Å². The van der Waals surface area contributed by atoms with Crippen molar-refractivity contribution >= 4 is 29.1 Å². The third kappa shape index (κ3) is 4.24. The zero-order valence-electron chi connectivity index (χ0n) is 13.8. The topological polar surface area (TPSA) is 61.4 Å². The number of anilines is 2. The van der Waals surface area contributed by atoms with Crippen LogP contribution in [0.3, 0.4) is 0 Å². The molecule has 1 amide bonds. The van der Waals surface area contributed by atoms with Gasteiger partial charge < -0.3 is 10.2 Å². The first-order chi connectivity index (χ1) is 12.0. The Bertz CT molecular complexity index is 737. The van der Waals surface area contributed by atoms with Crippen molar-refractivity contribution in [2.45, 2.75) is 13.0 Å². The van der Waals surface area contributed by atoms with Gasteiger partial charge in [-0.1, -0.05) is 11.6 Å². The highest BCUT2D eigenvalue weighted by Gasteiger charge is 2.26. The van der Waals surface area contributed by atoms with Crippen LogP contribution in [0.5, 0.6) is 0 Å². The van der Waals surface area contributed by atoms with Gasteiger partial charge in [-0.15, -0.1) is 0 Å². The number of carbonyl (C=O) groups is 1. The number of benzene rings is 1. The van der Waals surface area contributed by atoms with Crippen molar-refractivity contribution in [3.05, 3.63) is 47.5 Å². The van der Waals surface area contributed by atoms with E-state index in [1.165, 1.54) is 18.2 Å². The van der Waals surface area contributed by atoms with Crippen molar-refractivity contribution in [1.29, 1.82) is 0 Å². The van der Waals surface area contributed by atoms with Crippen LogP contribution in [0.4, 0.5) is 16.0 Å². The molecule has 2 heterocycles. The molecule has 25 heavy (non-hydrogen) atoms. The van der Waals surface area contributed by atoms with Crippen LogP contribution in [-0.4, -0.2) is 53.0 Å². The molecule has 0 unspecified atom stereocenters. The monoisotopic (exact) mass is 363 g/mol. The Labute approximate surface area is 150 Å². The van der Waals surface area contributed by atoms with Gasteiger partial charge in [0, 0.05) is 44.3 Å². The second-order valence-electron chi connectivity index (χ2n) is 5.87. The third-order valence-corrected chi connectivity index (χ3v) is 4.55. The fourth-order valence-electron chi connectivity index (χ4n) is 2.75. The van der Waals surface area contributed by atoms with E-state index in [4.69, 9.17) is 11.6 Å². The Morgan fingerprint density at radius 1 is 1.24 bits per heavy atom. The molecule has 1 aromatic heterocycles. The molecule has 1 aromatic carbocycles. The van der Waals surface area contributed by atoms with E-state index in [1.807, 2.05) is 6.92 Å². The van der Waals surface area contributed by atoms with E-state index in [-0.39, 0.29) is 17.0 Å². The molecule has 1 atom stereocenters. The van der Waals surface area contributed by atoms with E-state index < -0.39 is 5.82 Å². The predicted molar refractivity (Wildman–Crippen MR) is 95.3 cm³/mol. The highest BCUT2D eigenvalue weighted by atomic mass is 35.5. The number of aromatic nitrogens is 2. The molecule has 1 N–H and O–H groups in total. The van der Waals surface area contributed by atoms with Crippen LogP contribution in [-0.2, 0) is 4.79 Å². The van der Waals surface area contributed by atoms with Gasteiger partial charge in [0.15, 0.2) is 0 Å². The van der Waals surface area contributed by atoms with Gasteiger partial charge in [0.1, 0.15) is 5.82 Å². The standard InChI is InChI=1S/C17H19ClFN5O/c1-12(16(25)22-13-3-4-15(19)14(18)11-13)23-7-9-24(10-8-23)17-20-5-2-6-21-17/h2-6,11-12H,7-10H2,1H3,(H,22,25)/t12-/m0/s1. The lowest BCUT2D eigenvalue weighted by Crippen LogP contribution is -2.53. The van der Waals surface area contributed by atoms with E-state index in [0.717, 1.165) is 26.2 Å². The summed E-state index contributed by atoms with van der Waals surface area (Å²) in [4.78, 5) is 25.1. The van der Waals surface area contributed by atoms with Crippen LogP contribution < -0.4 is 10.2 Å². The fraction of sp³-hybridized carbons (Fsp3) is 0.353. The number of hydrogen-bond acceptors (Lipinski definition) is 5. The summed E-state index contributed by atoms with van der Waals surface area (Å²) in [6, 6.07) is 5.63. The maximum Gasteiger partial charge on any atom is 0.241 e. The molecule has 0 bridgehead atoms. The number of amides is 1. The lowest BCUT2D eigenvalue weighted by molar-refractivity contribution is -0.120. The smallest absolute Gasteiger partial charge is 0.241 e. The van der Waals surface area contributed by atoms with Crippen LogP contribution >= 0.6 is 11.6 Å². The van der Waals surface area contributed by atoms with E-state index in [1.54, 1.807) is 18.5 Å². The molecule has 0 saturated carbocycles. The minimum Gasteiger partial charge on any atom is -0.338 e. The van der Waals surface area contributed by atoms with Gasteiger partial charge in [0.05, 0.1) is 11.1 Å². The van der Waals surface area contributed by atoms with Gasteiger partial charge in [-0.2, -0.15) is 0 Å². The number of halogens is 2. The van der Waals surface area contributed by atoms with Gasteiger partial charge in [-0.05, 0) is 31.2 Å². The SMILES string of the molecule is C[C@@H](C(=O)Nc1ccc(F)c(Cl)c1)N1CCN(c2ncccn2)CC1. The van der Waals surface area contributed by atoms with Crippen molar-refractivity contribution < 1.29 is 9.18 Å². The molecule has 1 aliphatic heterocycles. The second kappa shape index (κ2) is 7.76. The van der Waals surface area contributed by atoms with Gasteiger partial charge >= 0.3 is 0 Å². The van der Waals surface area contributed by atoms with Crippen LogP contribution in [0.15, 0.2) is 36.7 Å². The number of piperazine rings is 1. The first-order valence-corrected chi connectivity index (χ1v) is 8.44. The van der Waals surface area contributed by atoms with E-state index in [9.17, 15) is 9.18 Å². The number of carbonyl (C=O) groups excluding carboxylic acids is 1. The number of hydrogen-bond donors (Lipinski definition) is 1. The van der Waals surface area contributed by atoms with Crippen LogP contribution in [0, 0.1) is 5.82 Å². The zero-order valence-corrected chi connectivity index (χ0v) is 14.6. The van der Waals surface area contributed by atoms with Crippen molar-refractivity contribution in [1.82, 2.24) is 14.9 Å². The summed E-state index contributed by atoms with van der Waals surface area (Å²) in [5.41, 5.74) is 0.486. The molecule has 1 saturated heterocycles. The van der Waals surface area contributed by atoms with Gasteiger partial charge in [0.2, 0.25) is 11.9 Å². The van der Waals surface area contributed by atoms with Crippen molar-refractivity contribution in [2.75, 3.05) is 36.4 Å². The first-order valence-electron chi connectivity index (χ1n) is 8.06. The van der Waals surface area contributed by atoms with Crippen LogP contribution in [0.2, 0.25) is 5.02 Å². The van der Waals surface area contributed by atoms with Gasteiger partial charge in [-0.3, -0.25) is 9.69 Å². The Morgan fingerprint density at radius 3 is 2.56 bits per heavy atom. The van der Waals surface area contributed by atoms with Crippen LogP contribution in [0.25, 0.3) is 0 Å². The summed E-state index contributed by atoms with van der Waals surface area (Å²) < 4.78 is 13.2. The summed E-state index contributed by atoms with van der Waals surface area (Å²) in [6.45, 7) is 4.83. The lowest BCUT2D eigenvalue weighted by Gasteiger charge is -2.37. The summed E-state index contributed by atoms with van der Waals surface area (Å²) in [6.07, 6.45) is 3.44. The minimum atomic E-state index is -0.507. The van der Waals surface area contributed by atoms with Crippen LogP contribution in [0.1, 0.15) is 6.92 Å². The molecule has 1 fully saturated rings. The summed E-state index contributed by atoms with van der Waals surface area (Å²) in [7, 11) is 0. The number of rotatable bonds is 4. The second-order valence-corrected chi connectivity index (χ2v) is 6.27. The Balaban J connectivity index is 1.55. The van der Waals surface area contributed by atoms with Gasteiger partial charge in [-0.25, -0.2) is 14.4 Å². The maximum absolute atomic E-state index is 13.2. The normalized spacial score (nSPS) is 16.5. The third-order valence-electron chi connectivity index (χ3n) is 4.26. The lowest BCUT2D eigenvalue weighted by atomic mass is 10.2. The average molecular weight is 364 g/mol.